The number of thiol groups is 1. The van der Waals surface area contributed by atoms with Gasteiger partial charge in [0.05, 0.1) is 11.3 Å². The second kappa shape index (κ2) is 4.60. The number of rotatable bonds is 0. The van der Waals surface area contributed by atoms with Gasteiger partial charge in [-0.25, -0.2) is 0 Å². The van der Waals surface area contributed by atoms with E-state index in [1.54, 1.807) is 0 Å². The van der Waals surface area contributed by atoms with Gasteiger partial charge in [-0.3, -0.25) is 0 Å². The maximum atomic E-state index is 8.81. The first kappa shape index (κ1) is 9.71. The smallest absolute Gasteiger partial charge is 0.100 e. The van der Waals surface area contributed by atoms with Gasteiger partial charge in [-0.2, -0.15) is 17.9 Å². The Morgan fingerprint density at radius 2 is 2.15 bits per heavy atom. The first-order valence-electron chi connectivity index (χ1n) is 3.88. The summed E-state index contributed by atoms with van der Waals surface area (Å²) in [6.07, 6.45) is 0. The Balaban J connectivity index is 3.16. The first-order valence-corrected chi connectivity index (χ1v) is 4.51. The molecule has 0 unspecified atom stereocenters. The van der Waals surface area contributed by atoms with Gasteiger partial charge in [-0.15, -0.1) is 0 Å². The zero-order valence-electron chi connectivity index (χ0n) is 7.33. The Kier molecular flexibility index (Phi) is 3.43. The molecule has 0 fully saturated rings. The van der Waals surface area contributed by atoms with E-state index in [1.165, 1.54) is 0 Å². The van der Waals surface area contributed by atoms with Crippen molar-refractivity contribution >= 4 is 12.6 Å². The number of nitriles is 1. The fraction of sp³-hybridized carbons (Fsp3) is 0.182. The van der Waals surface area contributed by atoms with Crippen molar-refractivity contribution in [1.29, 1.82) is 5.26 Å². The van der Waals surface area contributed by atoms with Crippen molar-refractivity contribution in [3.8, 4) is 17.9 Å². The SMILES string of the molecule is Cc1ccc(C#CCS)c(C#N)c1. The maximum absolute atomic E-state index is 8.81. The molecule has 0 amide bonds. The number of hydrogen-bond donors (Lipinski definition) is 1. The van der Waals surface area contributed by atoms with E-state index in [-0.39, 0.29) is 0 Å². The minimum atomic E-state index is 0.513. The largest absolute Gasteiger partial charge is 0.192 e. The first-order chi connectivity index (χ1) is 6.27. The summed E-state index contributed by atoms with van der Waals surface area (Å²) in [5.74, 6) is 6.23. The number of aryl methyl sites for hydroxylation is 1. The molecule has 0 aliphatic heterocycles. The molecule has 0 radical (unpaired) electrons. The van der Waals surface area contributed by atoms with Crippen LogP contribution in [0.5, 0.6) is 0 Å². The van der Waals surface area contributed by atoms with Crippen molar-refractivity contribution < 1.29 is 0 Å². The fourth-order valence-corrected chi connectivity index (χ4v) is 1.07. The average Bonchev–Trinajstić information content (AvgIpc) is 2.16. The lowest BCUT2D eigenvalue weighted by molar-refractivity contribution is 1.40. The van der Waals surface area contributed by atoms with Gasteiger partial charge in [-0.05, 0) is 24.6 Å². The molecule has 0 aliphatic rings. The summed E-state index contributed by atoms with van der Waals surface area (Å²) in [6.45, 7) is 1.96. The summed E-state index contributed by atoms with van der Waals surface area (Å²) in [4.78, 5) is 0. The monoisotopic (exact) mass is 187 g/mol. The Bertz CT molecular complexity index is 404. The Morgan fingerprint density at radius 1 is 1.38 bits per heavy atom. The Labute approximate surface area is 83.8 Å². The zero-order chi connectivity index (χ0) is 9.68. The van der Waals surface area contributed by atoms with E-state index < -0.39 is 0 Å². The second-order valence-corrected chi connectivity index (χ2v) is 2.94. The Morgan fingerprint density at radius 3 is 2.77 bits per heavy atom. The lowest BCUT2D eigenvalue weighted by atomic mass is 10.1. The summed E-state index contributed by atoms with van der Waals surface area (Å²) in [5.41, 5.74) is 2.49. The summed E-state index contributed by atoms with van der Waals surface area (Å²) in [6, 6.07) is 7.77. The minimum Gasteiger partial charge on any atom is -0.192 e. The average molecular weight is 187 g/mol. The van der Waals surface area contributed by atoms with E-state index in [1.807, 2.05) is 25.1 Å². The molecule has 0 atom stereocenters. The van der Waals surface area contributed by atoms with Gasteiger partial charge in [-0.1, -0.05) is 17.9 Å². The van der Waals surface area contributed by atoms with Gasteiger partial charge in [0.2, 0.25) is 0 Å². The molecule has 1 nitrogen and oxygen atoms in total. The lowest BCUT2D eigenvalue weighted by Crippen LogP contribution is -1.84. The van der Waals surface area contributed by atoms with Crippen molar-refractivity contribution in [1.82, 2.24) is 0 Å². The maximum Gasteiger partial charge on any atom is 0.100 e. The van der Waals surface area contributed by atoms with Crippen LogP contribution in [0.15, 0.2) is 18.2 Å². The molecule has 1 aromatic rings. The third-order valence-electron chi connectivity index (χ3n) is 1.60. The second-order valence-electron chi connectivity index (χ2n) is 2.62. The Hall–Kier alpha value is -1.38. The highest BCUT2D eigenvalue weighted by molar-refractivity contribution is 7.80. The normalized spacial score (nSPS) is 8.38. The van der Waals surface area contributed by atoms with Crippen molar-refractivity contribution in [2.45, 2.75) is 6.92 Å². The van der Waals surface area contributed by atoms with E-state index in [2.05, 4.69) is 30.5 Å². The third kappa shape index (κ3) is 2.54. The van der Waals surface area contributed by atoms with Crippen LogP contribution in [0.2, 0.25) is 0 Å². The van der Waals surface area contributed by atoms with Crippen molar-refractivity contribution in [2.75, 3.05) is 5.75 Å². The molecule has 0 saturated heterocycles. The highest BCUT2D eigenvalue weighted by atomic mass is 32.1. The van der Waals surface area contributed by atoms with Crippen LogP contribution in [0.1, 0.15) is 16.7 Å². The van der Waals surface area contributed by atoms with E-state index >= 15 is 0 Å². The molecule has 0 heterocycles. The third-order valence-corrected chi connectivity index (χ3v) is 1.76. The number of benzene rings is 1. The topological polar surface area (TPSA) is 23.8 Å². The van der Waals surface area contributed by atoms with Crippen LogP contribution in [0.4, 0.5) is 0 Å². The molecule has 0 N–H and O–H groups in total. The van der Waals surface area contributed by atoms with Crippen LogP contribution >= 0.6 is 12.6 Å². The molecule has 2 heteroatoms. The standard InChI is InChI=1S/C11H9NS/c1-9-4-5-10(3-2-6-13)11(7-9)8-12/h4-5,7,13H,6H2,1H3. The predicted molar refractivity (Wildman–Crippen MR) is 56.6 cm³/mol. The molecule has 0 aromatic heterocycles. The van der Waals surface area contributed by atoms with Crippen LogP contribution in [-0.2, 0) is 0 Å². The fourth-order valence-electron chi connectivity index (χ4n) is 0.994. The van der Waals surface area contributed by atoms with Crippen LogP contribution in [0.3, 0.4) is 0 Å². The van der Waals surface area contributed by atoms with Gasteiger partial charge < -0.3 is 0 Å². The molecule has 0 spiro atoms. The van der Waals surface area contributed by atoms with E-state index in [0.29, 0.717) is 11.3 Å². The van der Waals surface area contributed by atoms with Gasteiger partial charge in [0.25, 0.3) is 0 Å². The summed E-state index contributed by atoms with van der Waals surface area (Å²) in [7, 11) is 0. The van der Waals surface area contributed by atoms with E-state index in [0.717, 1.165) is 11.1 Å². The van der Waals surface area contributed by atoms with Crippen molar-refractivity contribution in [2.24, 2.45) is 0 Å². The molecular formula is C11H9NS. The highest BCUT2D eigenvalue weighted by Gasteiger charge is 1.97. The van der Waals surface area contributed by atoms with Crippen LogP contribution < -0.4 is 0 Å². The molecular weight excluding hydrogens is 178 g/mol. The summed E-state index contributed by atoms with van der Waals surface area (Å²) >= 11 is 3.98. The minimum absolute atomic E-state index is 0.513. The number of nitrogens with zero attached hydrogens (tertiary/aromatic N) is 1. The molecule has 0 bridgehead atoms. The van der Waals surface area contributed by atoms with E-state index in [9.17, 15) is 0 Å². The predicted octanol–water partition coefficient (Wildman–Crippen LogP) is 2.15. The van der Waals surface area contributed by atoms with Crippen molar-refractivity contribution in [3.63, 3.8) is 0 Å². The van der Waals surface area contributed by atoms with Crippen LogP contribution in [0.25, 0.3) is 0 Å². The van der Waals surface area contributed by atoms with E-state index in [4.69, 9.17) is 5.26 Å². The molecule has 0 aliphatic carbocycles. The highest BCUT2D eigenvalue weighted by Crippen LogP contribution is 2.08. The van der Waals surface area contributed by atoms with Gasteiger partial charge in [0.15, 0.2) is 0 Å². The molecule has 0 saturated carbocycles. The van der Waals surface area contributed by atoms with Gasteiger partial charge in [0, 0.05) is 5.56 Å². The molecule has 1 rings (SSSR count). The summed E-state index contributed by atoms with van der Waals surface area (Å²) in [5, 5.41) is 8.81. The van der Waals surface area contributed by atoms with Crippen LogP contribution in [-0.4, -0.2) is 5.75 Å². The van der Waals surface area contributed by atoms with Gasteiger partial charge >= 0.3 is 0 Å². The number of hydrogen-bond acceptors (Lipinski definition) is 2. The van der Waals surface area contributed by atoms with Crippen molar-refractivity contribution in [3.05, 3.63) is 34.9 Å². The lowest BCUT2D eigenvalue weighted by Gasteiger charge is -1.96. The molecule has 13 heavy (non-hydrogen) atoms. The molecule has 64 valence electrons. The van der Waals surface area contributed by atoms with Crippen LogP contribution in [0, 0.1) is 30.1 Å². The zero-order valence-corrected chi connectivity index (χ0v) is 8.23. The molecule has 1 aromatic carbocycles. The summed E-state index contributed by atoms with van der Waals surface area (Å²) < 4.78 is 0. The van der Waals surface area contributed by atoms with Gasteiger partial charge in [0.1, 0.15) is 6.07 Å². The quantitative estimate of drug-likeness (QED) is 0.488.